The largest absolute Gasteiger partial charge is 0.480 e. The van der Waals surface area contributed by atoms with Crippen molar-refractivity contribution >= 4 is 23.6 Å². The van der Waals surface area contributed by atoms with E-state index in [-0.39, 0.29) is 6.54 Å². The Labute approximate surface area is 133 Å². The minimum atomic E-state index is -1.47. The van der Waals surface area contributed by atoms with Gasteiger partial charge in [0.2, 0.25) is 5.91 Å². The van der Waals surface area contributed by atoms with Crippen LogP contribution in [-0.2, 0) is 20.8 Å². The van der Waals surface area contributed by atoms with E-state index >= 15 is 0 Å². The van der Waals surface area contributed by atoms with E-state index in [9.17, 15) is 24.3 Å². The van der Waals surface area contributed by atoms with Gasteiger partial charge in [-0.25, -0.2) is 4.79 Å². The highest BCUT2D eigenvalue weighted by atomic mass is 16.4. The van der Waals surface area contributed by atoms with E-state index in [2.05, 4.69) is 5.32 Å². The summed E-state index contributed by atoms with van der Waals surface area (Å²) in [4.78, 5) is 48.6. The molecule has 1 aliphatic heterocycles. The minimum Gasteiger partial charge on any atom is -0.480 e. The van der Waals surface area contributed by atoms with Crippen molar-refractivity contribution in [1.29, 1.82) is 0 Å². The first-order valence-corrected chi connectivity index (χ1v) is 7.22. The molecule has 2 unspecified atom stereocenters. The van der Waals surface area contributed by atoms with E-state index in [1.807, 2.05) is 12.1 Å². The molecule has 0 aliphatic carbocycles. The lowest BCUT2D eigenvalue weighted by atomic mass is 9.94. The first-order valence-electron chi connectivity index (χ1n) is 7.22. The van der Waals surface area contributed by atoms with E-state index in [1.165, 1.54) is 18.7 Å². The van der Waals surface area contributed by atoms with Gasteiger partial charge < -0.3 is 15.3 Å². The summed E-state index contributed by atoms with van der Waals surface area (Å²) in [5, 5.41) is 11.6. The molecule has 0 radical (unpaired) electrons. The molecule has 2 amide bonds. The maximum atomic E-state index is 12.6. The number of hydrogen-bond donors (Lipinski definition) is 2. The zero-order chi connectivity index (χ0) is 17.1. The number of benzene rings is 1. The predicted octanol–water partition coefficient (Wildman–Crippen LogP) is 0.232. The number of carboxylic acid groups (broad SMARTS) is 1. The van der Waals surface area contributed by atoms with Gasteiger partial charge in [-0.1, -0.05) is 18.2 Å². The predicted molar refractivity (Wildman–Crippen MR) is 80.9 cm³/mol. The summed E-state index contributed by atoms with van der Waals surface area (Å²) in [6.07, 6.45) is 0.526. The Kier molecular flexibility index (Phi) is 4.78. The number of carboxylic acids is 1. The number of Topliss-reactive ketones (excluding diaryl/α,β-unsaturated/α-hetero) is 1. The molecule has 2 atom stereocenters. The maximum Gasteiger partial charge on any atom is 0.328 e. The topological polar surface area (TPSA) is 104 Å². The Bertz CT molecular complexity index is 670. The number of nitrogens with one attached hydrogen (secondary N) is 1. The molecule has 1 aliphatic rings. The van der Waals surface area contributed by atoms with Gasteiger partial charge in [0, 0.05) is 19.0 Å². The van der Waals surface area contributed by atoms with Crippen LogP contribution in [0, 0.1) is 0 Å². The number of aliphatic carboxylic acids is 1. The summed E-state index contributed by atoms with van der Waals surface area (Å²) in [6.45, 7) is 2.61. The Hall–Kier alpha value is -2.70. The summed E-state index contributed by atoms with van der Waals surface area (Å²) in [7, 11) is 0. The van der Waals surface area contributed by atoms with Crippen LogP contribution >= 0.6 is 0 Å². The molecule has 7 heteroatoms. The van der Waals surface area contributed by atoms with E-state index in [1.54, 1.807) is 12.1 Å². The van der Waals surface area contributed by atoms with Crippen LogP contribution in [0.4, 0.5) is 0 Å². The molecule has 0 saturated heterocycles. The molecule has 0 aromatic heterocycles. The molecule has 0 saturated carbocycles. The number of hydrogen-bond acceptors (Lipinski definition) is 4. The Morgan fingerprint density at radius 3 is 2.43 bits per heavy atom. The highest BCUT2D eigenvalue weighted by Crippen LogP contribution is 2.22. The smallest absolute Gasteiger partial charge is 0.328 e. The van der Waals surface area contributed by atoms with Gasteiger partial charge in [0.25, 0.3) is 5.91 Å². The Morgan fingerprint density at radius 2 is 1.87 bits per heavy atom. The van der Waals surface area contributed by atoms with Crippen LogP contribution in [0.5, 0.6) is 0 Å². The standard InChI is InChI=1S/C16H18N2O5/c1-9(19)14(13(16(22)23)17-10(2)20)18-8-7-11-5-3-4-6-12(11)15(18)21/h3-6,13-14H,7-8H2,1-2H3,(H,17,20)(H,22,23). The van der Waals surface area contributed by atoms with Crippen LogP contribution in [0.3, 0.4) is 0 Å². The van der Waals surface area contributed by atoms with Crippen molar-refractivity contribution in [3.8, 4) is 0 Å². The van der Waals surface area contributed by atoms with Crippen molar-refractivity contribution in [3.63, 3.8) is 0 Å². The summed E-state index contributed by atoms with van der Waals surface area (Å²) in [5.41, 5.74) is 1.32. The highest BCUT2D eigenvalue weighted by molar-refractivity contribution is 6.01. The Balaban J connectivity index is 2.38. The van der Waals surface area contributed by atoms with Crippen molar-refractivity contribution in [2.75, 3.05) is 6.54 Å². The first-order chi connectivity index (χ1) is 10.8. The average Bonchev–Trinajstić information content (AvgIpc) is 2.48. The molecule has 7 nitrogen and oxygen atoms in total. The number of fused-ring (bicyclic) bond motifs is 1. The van der Waals surface area contributed by atoms with E-state index in [0.717, 1.165) is 5.56 Å². The SMILES string of the molecule is CC(=O)NC(C(=O)O)C(C(C)=O)N1CCc2ccccc2C1=O. The number of carbonyl (C=O) groups excluding carboxylic acids is 3. The van der Waals surface area contributed by atoms with Crippen molar-refractivity contribution in [3.05, 3.63) is 35.4 Å². The minimum absolute atomic E-state index is 0.226. The second-order valence-corrected chi connectivity index (χ2v) is 5.48. The summed E-state index contributed by atoms with van der Waals surface area (Å²) >= 11 is 0. The van der Waals surface area contributed by atoms with Gasteiger partial charge in [0.05, 0.1) is 0 Å². The van der Waals surface area contributed by atoms with Crippen LogP contribution in [0.1, 0.15) is 29.8 Å². The van der Waals surface area contributed by atoms with Crippen molar-refractivity contribution in [2.24, 2.45) is 0 Å². The number of carbonyl (C=O) groups is 4. The summed E-state index contributed by atoms with van der Waals surface area (Å²) in [6, 6.07) is 4.30. The lowest BCUT2D eigenvalue weighted by Gasteiger charge is -2.36. The fourth-order valence-electron chi connectivity index (χ4n) is 2.84. The monoisotopic (exact) mass is 318 g/mol. The van der Waals surface area contributed by atoms with Gasteiger partial charge in [0.1, 0.15) is 6.04 Å². The molecular weight excluding hydrogens is 300 g/mol. The number of ketones is 1. The molecule has 0 spiro atoms. The van der Waals surface area contributed by atoms with Gasteiger partial charge in [-0.3, -0.25) is 14.4 Å². The van der Waals surface area contributed by atoms with E-state index < -0.39 is 35.7 Å². The lowest BCUT2D eigenvalue weighted by molar-refractivity contribution is -0.145. The number of amides is 2. The number of nitrogens with zero attached hydrogens (tertiary/aromatic N) is 1. The third-order valence-electron chi connectivity index (χ3n) is 3.82. The van der Waals surface area contributed by atoms with Crippen molar-refractivity contribution in [1.82, 2.24) is 10.2 Å². The zero-order valence-corrected chi connectivity index (χ0v) is 12.9. The molecule has 1 aromatic rings. The third kappa shape index (κ3) is 3.39. The van der Waals surface area contributed by atoms with Crippen LogP contribution in [0.2, 0.25) is 0 Å². The van der Waals surface area contributed by atoms with E-state index in [4.69, 9.17) is 0 Å². The molecule has 0 bridgehead atoms. The fourth-order valence-corrected chi connectivity index (χ4v) is 2.84. The quantitative estimate of drug-likeness (QED) is 0.809. The van der Waals surface area contributed by atoms with Crippen molar-refractivity contribution in [2.45, 2.75) is 32.4 Å². The molecule has 1 aromatic carbocycles. The second-order valence-electron chi connectivity index (χ2n) is 5.48. The van der Waals surface area contributed by atoms with Gasteiger partial charge in [-0.15, -0.1) is 0 Å². The van der Waals surface area contributed by atoms with Crippen LogP contribution < -0.4 is 5.32 Å². The maximum absolute atomic E-state index is 12.6. The van der Waals surface area contributed by atoms with Gasteiger partial charge >= 0.3 is 5.97 Å². The molecule has 2 rings (SSSR count). The van der Waals surface area contributed by atoms with Gasteiger partial charge in [0.15, 0.2) is 11.8 Å². The number of rotatable bonds is 5. The fraction of sp³-hybridized carbons (Fsp3) is 0.375. The molecule has 122 valence electrons. The first kappa shape index (κ1) is 16.7. The molecule has 0 fully saturated rings. The summed E-state index contributed by atoms with van der Waals surface area (Å²) < 4.78 is 0. The average molecular weight is 318 g/mol. The third-order valence-corrected chi connectivity index (χ3v) is 3.82. The van der Waals surface area contributed by atoms with Gasteiger partial charge in [-0.05, 0) is 25.0 Å². The highest BCUT2D eigenvalue weighted by Gasteiger charge is 2.41. The molecular formula is C16H18N2O5. The molecule has 23 heavy (non-hydrogen) atoms. The van der Waals surface area contributed by atoms with E-state index in [0.29, 0.717) is 12.0 Å². The van der Waals surface area contributed by atoms with Crippen LogP contribution in [-0.4, -0.2) is 52.2 Å². The molecule has 2 N–H and O–H groups in total. The van der Waals surface area contributed by atoms with Gasteiger partial charge in [-0.2, -0.15) is 0 Å². The van der Waals surface area contributed by atoms with Crippen LogP contribution in [0.15, 0.2) is 24.3 Å². The zero-order valence-electron chi connectivity index (χ0n) is 12.9. The van der Waals surface area contributed by atoms with Crippen LogP contribution in [0.25, 0.3) is 0 Å². The van der Waals surface area contributed by atoms with Crippen molar-refractivity contribution < 1.29 is 24.3 Å². The second kappa shape index (κ2) is 6.60. The Morgan fingerprint density at radius 1 is 1.22 bits per heavy atom. The molecule has 1 heterocycles. The normalized spacial score (nSPS) is 16.3. The summed E-state index contributed by atoms with van der Waals surface area (Å²) in [5.74, 6) is -2.82. The lowest BCUT2D eigenvalue weighted by Crippen LogP contribution is -2.60.